The second kappa shape index (κ2) is 7.50. The summed E-state index contributed by atoms with van der Waals surface area (Å²) in [5, 5.41) is 0. The van der Waals surface area contributed by atoms with Crippen molar-refractivity contribution in [2.75, 3.05) is 64.9 Å². The fraction of sp³-hybridized carbons (Fsp3) is 0.941. The molecule has 7 nitrogen and oxygen atoms in total. The first kappa shape index (κ1) is 19.1. The minimum absolute atomic E-state index is 0.0265. The molecule has 3 heterocycles. The highest BCUT2D eigenvalue weighted by atomic mass is 32.2. The zero-order valence-electron chi connectivity index (χ0n) is 15.7. The molecule has 0 radical (unpaired) electrons. The Labute approximate surface area is 151 Å². The van der Waals surface area contributed by atoms with Crippen LogP contribution in [-0.2, 0) is 14.6 Å². The molecule has 144 valence electrons. The van der Waals surface area contributed by atoms with Crippen molar-refractivity contribution >= 4 is 15.7 Å². The first-order valence-electron chi connectivity index (χ1n) is 9.43. The topological polar surface area (TPSA) is 64.2 Å². The Kier molecular flexibility index (Phi) is 5.72. The first-order valence-corrected chi connectivity index (χ1v) is 11.3. The fourth-order valence-corrected chi connectivity index (χ4v) is 6.61. The van der Waals surface area contributed by atoms with E-state index in [0.29, 0.717) is 19.1 Å². The number of rotatable bonds is 4. The smallest absolute Gasteiger partial charge is 0.237 e. The zero-order valence-corrected chi connectivity index (χ0v) is 16.5. The highest BCUT2D eigenvalue weighted by Gasteiger charge is 2.47. The molecule has 0 saturated carbocycles. The van der Waals surface area contributed by atoms with Crippen molar-refractivity contribution in [2.45, 2.75) is 37.9 Å². The van der Waals surface area contributed by atoms with Gasteiger partial charge in [-0.15, -0.1) is 0 Å². The maximum atomic E-state index is 12.9. The molecule has 0 N–H and O–H groups in total. The normalized spacial score (nSPS) is 31.4. The summed E-state index contributed by atoms with van der Waals surface area (Å²) < 4.78 is 24.3. The van der Waals surface area contributed by atoms with E-state index in [1.165, 1.54) is 0 Å². The minimum Gasteiger partial charge on any atom is -0.335 e. The molecule has 3 aliphatic heterocycles. The van der Waals surface area contributed by atoms with Crippen molar-refractivity contribution in [2.24, 2.45) is 0 Å². The minimum atomic E-state index is -3.05. The van der Waals surface area contributed by atoms with Crippen molar-refractivity contribution in [1.29, 1.82) is 0 Å². The first-order chi connectivity index (χ1) is 11.8. The molecule has 8 heteroatoms. The summed E-state index contributed by atoms with van der Waals surface area (Å²) >= 11 is 0. The molecule has 3 saturated heterocycles. The Morgan fingerprint density at radius 1 is 1.08 bits per heavy atom. The molecule has 3 rings (SSSR count). The summed E-state index contributed by atoms with van der Waals surface area (Å²) in [5.41, 5.74) is 0. The third-order valence-corrected chi connectivity index (χ3v) is 7.91. The van der Waals surface area contributed by atoms with E-state index in [9.17, 15) is 13.2 Å². The molecule has 3 aliphatic rings. The van der Waals surface area contributed by atoms with Gasteiger partial charge in [0.25, 0.3) is 0 Å². The van der Waals surface area contributed by atoms with E-state index in [2.05, 4.69) is 28.7 Å². The van der Waals surface area contributed by atoms with Crippen LogP contribution >= 0.6 is 0 Å². The van der Waals surface area contributed by atoms with Crippen molar-refractivity contribution < 1.29 is 13.2 Å². The second-order valence-corrected chi connectivity index (χ2v) is 10.0. The number of amides is 1. The third-order valence-electron chi connectivity index (χ3n) is 6.21. The molecular weight excluding hydrogens is 340 g/mol. The van der Waals surface area contributed by atoms with Crippen molar-refractivity contribution in [3.05, 3.63) is 0 Å². The van der Waals surface area contributed by atoms with Crippen LogP contribution in [0.15, 0.2) is 0 Å². The predicted octanol–water partition coefficient (Wildman–Crippen LogP) is -0.658. The summed E-state index contributed by atoms with van der Waals surface area (Å²) in [6.07, 6.45) is 2.18. The average molecular weight is 373 g/mol. The summed E-state index contributed by atoms with van der Waals surface area (Å²) in [7, 11) is 1.11. The molecule has 0 bridgehead atoms. The number of piperazine rings is 1. The van der Waals surface area contributed by atoms with Gasteiger partial charge in [0.15, 0.2) is 9.84 Å². The maximum Gasteiger partial charge on any atom is 0.237 e. The van der Waals surface area contributed by atoms with Crippen LogP contribution in [0.25, 0.3) is 0 Å². The van der Waals surface area contributed by atoms with E-state index in [0.717, 1.165) is 39.0 Å². The number of hydrogen-bond donors (Lipinski definition) is 0. The summed E-state index contributed by atoms with van der Waals surface area (Å²) in [5.74, 6) is 0.405. The van der Waals surface area contributed by atoms with E-state index in [-0.39, 0.29) is 29.5 Å². The van der Waals surface area contributed by atoms with Gasteiger partial charge in [-0.05, 0) is 46.6 Å². The van der Waals surface area contributed by atoms with E-state index in [1.807, 2.05) is 11.9 Å². The number of carbonyl (C=O) groups excluding carboxylic acids is 1. The lowest BCUT2D eigenvalue weighted by Crippen LogP contribution is -2.61. The second-order valence-electron chi connectivity index (χ2n) is 7.88. The van der Waals surface area contributed by atoms with Crippen LogP contribution in [0.3, 0.4) is 0 Å². The monoisotopic (exact) mass is 372 g/mol. The molecule has 0 aromatic heterocycles. The standard InChI is InChI=1S/C17H32N4O3S/c1-4-20-9-10-21(16-13-25(23,24)12-15(16)20)17(22)11-19(3)14-5-7-18(2)8-6-14/h14-16H,4-13H2,1-3H3/t15-,16+/m0/s1. The molecule has 1 amide bonds. The maximum absolute atomic E-state index is 12.9. The largest absolute Gasteiger partial charge is 0.335 e. The van der Waals surface area contributed by atoms with Gasteiger partial charge in [0, 0.05) is 25.2 Å². The van der Waals surface area contributed by atoms with Gasteiger partial charge in [0.1, 0.15) is 0 Å². The average Bonchev–Trinajstić information content (AvgIpc) is 2.89. The van der Waals surface area contributed by atoms with Crippen molar-refractivity contribution in [1.82, 2.24) is 19.6 Å². The summed E-state index contributed by atoms with van der Waals surface area (Å²) in [6.45, 7) is 6.86. The van der Waals surface area contributed by atoms with Gasteiger partial charge in [0.05, 0.1) is 24.1 Å². The SMILES string of the molecule is CCN1CCN(C(=O)CN(C)C2CCN(C)CC2)[C@@H]2CS(=O)(=O)C[C@@H]21. The van der Waals surface area contributed by atoms with Gasteiger partial charge < -0.3 is 9.80 Å². The van der Waals surface area contributed by atoms with Crippen LogP contribution in [0.1, 0.15) is 19.8 Å². The van der Waals surface area contributed by atoms with E-state index < -0.39 is 9.84 Å². The number of piperidine rings is 1. The van der Waals surface area contributed by atoms with Gasteiger partial charge in [-0.3, -0.25) is 14.6 Å². The molecule has 2 atom stereocenters. The van der Waals surface area contributed by atoms with Crippen LogP contribution in [0.2, 0.25) is 0 Å². The van der Waals surface area contributed by atoms with Crippen LogP contribution in [0, 0.1) is 0 Å². The van der Waals surface area contributed by atoms with Gasteiger partial charge in [-0.2, -0.15) is 0 Å². The summed E-state index contributed by atoms with van der Waals surface area (Å²) in [4.78, 5) is 21.5. The number of sulfone groups is 1. The number of carbonyl (C=O) groups is 1. The Balaban J connectivity index is 1.63. The number of likely N-dealkylation sites (tertiary alicyclic amines) is 1. The van der Waals surface area contributed by atoms with Gasteiger partial charge in [-0.1, -0.05) is 6.92 Å². The summed E-state index contributed by atoms with van der Waals surface area (Å²) in [6, 6.07) is 0.249. The van der Waals surface area contributed by atoms with E-state index >= 15 is 0 Å². The van der Waals surface area contributed by atoms with Crippen molar-refractivity contribution in [3.63, 3.8) is 0 Å². The fourth-order valence-electron chi connectivity index (χ4n) is 4.60. The van der Waals surface area contributed by atoms with Gasteiger partial charge in [0.2, 0.25) is 5.91 Å². The Morgan fingerprint density at radius 2 is 1.72 bits per heavy atom. The zero-order chi connectivity index (χ0) is 18.2. The van der Waals surface area contributed by atoms with Gasteiger partial charge >= 0.3 is 0 Å². The van der Waals surface area contributed by atoms with Crippen molar-refractivity contribution in [3.8, 4) is 0 Å². The quantitative estimate of drug-likeness (QED) is 0.653. The molecule has 25 heavy (non-hydrogen) atoms. The lowest BCUT2D eigenvalue weighted by Gasteiger charge is -2.44. The van der Waals surface area contributed by atoms with Gasteiger partial charge in [-0.25, -0.2) is 8.42 Å². The third kappa shape index (κ3) is 4.18. The van der Waals surface area contributed by atoms with Crippen LogP contribution in [-0.4, -0.2) is 117 Å². The van der Waals surface area contributed by atoms with E-state index in [4.69, 9.17) is 0 Å². The molecule has 0 aromatic carbocycles. The molecular formula is C17H32N4O3S. The highest BCUT2D eigenvalue weighted by Crippen LogP contribution is 2.27. The molecule has 0 unspecified atom stereocenters. The molecule has 0 aliphatic carbocycles. The molecule has 0 aromatic rings. The predicted molar refractivity (Wildman–Crippen MR) is 98.3 cm³/mol. The van der Waals surface area contributed by atoms with Crippen LogP contribution in [0.4, 0.5) is 0 Å². The molecule has 0 spiro atoms. The number of likely N-dealkylation sites (N-methyl/N-ethyl adjacent to an activating group) is 2. The lowest BCUT2D eigenvalue weighted by molar-refractivity contribution is -0.138. The van der Waals surface area contributed by atoms with Crippen LogP contribution < -0.4 is 0 Å². The Hall–Kier alpha value is -0.700. The molecule has 3 fully saturated rings. The highest BCUT2D eigenvalue weighted by molar-refractivity contribution is 7.91. The van der Waals surface area contributed by atoms with E-state index in [1.54, 1.807) is 0 Å². The Bertz CT molecular complexity index is 589. The number of hydrogen-bond acceptors (Lipinski definition) is 6. The number of fused-ring (bicyclic) bond motifs is 1. The number of nitrogens with zero attached hydrogens (tertiary/aromatic N) is 4. The van der Waals surface area contributed by atoms with Crippen LogP contribution in [0.5, 0.6) is 0 Å². The lowest BCUT2D eigenvalue weighted by atomic mass is 10.0. The Morgan fingerprint density at radius 3 is 2.36 bits per heavy atom.